The molecule has 0 aromatic heterocycles. The minimum Gasteiger partial charge on any atom is -0.495 e. The lowest BCUT2D eigenvalue weighted by Gasteiger charge is -2.36. The quantitative estimate of drug-likeness (QED) is 0.897. The number of amides is 1. The third-order valence-corrected chi connectivity index (χ3v) is 5.04. The van der Waals surface area contributed by atoms with Gasteiger partial charge in [0.2, 0.25) is 5.91 Å². The summed E-state index contributed by atoms with van der Waals surface area (Å²) in [7, 11) is 1.61. The third-order valence-electron chi connectivity index (χ3n) is 5.04. The minimum absolute atomic E-state index is 0.00492. The fourth-order valence-corrected chi connectivity index (χ4v) is 3.37. The molecule has 0 bridgehead atoms. The average molecular weight is 353 g/mol. The van der Waals surface area contributed by atoms with Crippen LogP contribution in [0.25, 0.3) is 0 Å². The molecule has 0 spiro atoms. The van der Waals surface area contributed by atoms with Gasteiger partial charge in [-0.1, -0.05) is 24.3 Å². The Hall–Kier alpha value is -2.53. The standard InChI is InChI=1S/C21H27N3O2/c1-16-7-6-9-19(17(16)2)24-13-11-23(12-14-24)15-21(25)22-18-8-4-5-10-20(18)26-3/h4-10H,11-15H2,1-3H3,(H,22,25). The van der Waals surface area contributed by atoms with Crippen molar-refractivity contribution in [2.75, 3.05) is 50.1 Å². The van der Waals surface area contributed by atoms with Crippen LogP contribution >= 0.6 is 0 Å². The van der Waals surface area contributed by atoms with Gasteiger partial charge >= 0.3 is 0 Å². The fraction of sp³-hybridized carbons (Fsp3) is 0.381. The lowest BCUT2D eigenvalue weighted by atomic mass is 10.1. The molecule has 0 saturated carbocycles. The molecular weight excluding hydrogens is 326 g/mol. The first-order valence-electron chi connectivity index (χ1n) is 9.05. The lowest BCUT2D eigenvalue weighted by Crippen LogP contribution is -2.48. The van der Waals surface area contributed by atoms with Crippen LogP contribution in [0.15, 0.2) is 42.5 Å². The summed E-state index contributed by atoms with van der Waals surface area (Å²) >= 11 is 0. The predicted octanol–water partition coefficient (Wildman–Crippen LogP) is 3.07. The van der Waals surface area contributed by atoms with E-state index in [1.54, 1.807) is 7.11 Å². The van der Waals surface area contributed by atoms with Gasteiger partial charge in [-0.25, -0.2) is 0 Å². The molecule has 5 heteroatoms. The summed E-state index contributed by atoms with van der Waals surface area (Å²) in [6.07, 6.45) is 0. The predicted molar refractivity (Wildman–Crippen MR) is 106 cm³/mol. The summed E-state index contributed by atoms with van der Waals surface area (Å²) in [5.74, 6) is 0.676. The van der Waals surface area contributed by atoms with E-state index < -0.39 is 0 Å². The Morgan fingerprint density at radius 2 is 1.77 bits per heavy atom. The normalized spacial score (nSPS) is 15.0. The van der Waals surface area contributed by atoms with Crippen molar-refractivity contribution >= 4 is 17.3 Å². The molecule has 1 heterocycles. The Kier molecular flexibility index (Phi) is 5.78. The van der Waals surface area contributed by atoms with Crippen LogP contribution in [0.1, 0.15) is 11.1 Å². The molecule has 2 aromatic carbocycles. The Balaban J connectivity index is 1.54. The number of para-hydroxylation sites is 2. The Morgan fingerprint density at radius 3 is 2.50 bits per heavy atom. The largest absolute Gasteiger partial charge is 0.495 e. The SMILES string of the molecule is COc1ccccc1NC(=O)CN1CCN(c2cccc(C)c2C)CC1. The van der Waals surface area contributed by atoms with Crippen LogP contribution < -0.4 is 15.0 Å². The summed E-state index contributed by atoms with van der Waals surface area (Å²) in [5, 5.41) is 2.95. The highest BCUT2D eigenvalue weighted by Crippen LogP contribution is 2.24. The molecule has 5 nitrogen and oxygen atoms in total. The minimum atomic E-state index is -0.00492. The molecule has 0 unspecified atom stereocenters. The number of nitrogens with zero attached hydrogens (tertiary/aromatic N) is 2. The van der Waals surface area contributed by atoms with Crippen molar-refractivity contribution in [3.05, 3.63) is 53.6 Å². The Morgan fingerprint density at radius 1 is 1.04 bits per heavy atom. The number of carbonyl (C=O) groups excluding carboxylic acids is 1. The van der Waals surface area contributed by atoms with Gasteiger partial charge in [-0.05, 0) is 43.2 Å². The van der Waals surface area contributed by atoms with Crippen molar-refractivity contribution in [3.8, 4) is 5.75 Å². The molecule has 1 aliphatic heterocycles. The Bertz CT molecular complexity index is 768. The number of rotatable bonds is 5. The zero-order chi connectivity index (χ0) is 18.5. The lowest BCUT2D eigenvalue weighted by molar-refractivity contribution is -0.117. The van der Waals surface area contributed by atoms with E-state index in [1.807, 2.05) is 24.3 Å². The number of ether oxygens (including phenoxy) is 1. The molecule has 3 rings (SSSR count). The van der Waals surface area contributed by atoms with Crippen LogP contribution in [0, 0.1) is 13.8 Å². The molecule has 0 atom stereocenters. The summed E-state index contributed by atoms with van der Waals surface area (Å²) in [5.41, 5.74) is 4.69. The summed E-state index contributed by atoms with van der Waals surface area (Å²) in [4.78, 5) is 17.0. The van der Waals surface area contributed by atoms with Crippen molar-refractivity contribution in [1.82, 2.24) is 4.90 Å². The molecule has 1 N–H and O–H groups in total. The molecular formula is C21H27N3O2. The summed E-state index contributed by atoms with van der Waals surface area (Å²) < 4.78 is 5.29. The van der Waals surface area contributed by atoms with Gasteiger partial charge < -0.3 is 15.0 Å². The van der Waals surface area contributed by atoms with Crippen molar-refractivity contribution in [1.29, 1.82) is 0 Å². The van der Waals surface area contributed by atoms with Crippen molar-refractivity contribution in [2.45, 2.75) is 13.8 Å². The van der Waals surface area contributed by atoms with E-state index in [-0.39, 0.29) is 5.91 Å². The Labute approximate surface area is 155 Å². The van der Waals surface area contributed by atoms with E-state index in [9.17, 15) is 4.79 Å². The van der Waals surface area contributed by atoms with Gasteiger partial charge in [0.15, 0.2) is 0 Å². The number of nitrogens with one attached hydrogen (secondary N) is 1. The maximum Gasteiger partial charge on any atom is 0.238 e. The zero-order valence-corrected chi connectivity index (χ0v) is 15.8. The maximum atomic E-state index is 12.4. The van der Waals surface area contributed by atoms with Crippen molar-refractivity contribution in [3.63, 3.8) is 0 Å². The van der Waals surface area contributed by atoms with E-state index in [0.717, 1.165) is 26.2 Å². The number of anilines is 2. The van der Waals surface area contributed by atoms with Gasteiger partial charge in [0.1, 0.15) is 5.75 Å². The molecule has 138 valence electrons. The van der Waals surface area contributed by atoms with Crippen molar-refractivity contribution < 1.29 is 9.53 Å². The van der Waals surface area contributed by atoms with Gasteiger partial charge in [0.25, 0.3) is 0 Å². The van der Waals surface area contributed by atoms with Gasteiger partial charge in [-0.2, -0.15) is 0 Å². The second-order valence-corrected chi connectivity index (χ2v) is 6.73. The number of benzene rings is 2. The number of piperazine rings is 1. The van der Waals surface area contributed by atoms with Gasteiger partial charge in [-0.15, -0.1) is 0 Å². The molecule has 26 heavy (non-hydrogen) atoms. The second-order valence-electron chi connectivity index (χ2n) is 6.73. The topological polar surface area (TPSA) is 44.8 Å². The number of carbonyl (C=O) groups is 1. The average Bonchev–Trinajstić information content (AvgIpc) is 2.65. The smallest absolute Gasteiger partial charge is 0.238 e. The second kappa shape index (κ2) is 8.23. The molecule has 2 aromatic rings. The van der Waals surface area contributed by atoms with Crippen molar-refractivity contribution in [2.24, 2.45) is 0 Å². The number of methoxy groups -OCH3 is 1. The van der Waals surface area contributed by atoms with Crippen LogP contribution in [0.2, 0.25) is 0 Å². The first kappa shape index (κ1) is 18.3. The van der Waals surface area contributed by atoms with Gasteiger partial charge in [0, 0.05) is 31.9 Å². The van der Waals surface area contributed by atoms with E-state index in [4.69, 9.17) is 4.74 Å². The molecule has 1 saturated heterocycles. The molecule has 1 aliphatic rings. The van der Waals surface area contributed by atoms with Crippen LogP contribution in [0.5, 0.6) is 5.75 Å². The van der Waals surface area contributed by atoms with E-state index in [1.165, 1.54) is 16.8 Å². The van der Waals surface area contributed by atoms with Gasteiger partial charge in [0.05, 0.1) is 19.3 Å². The molecule has 0 aliphatic carbocycles. The molecule has 1 amide bonds. The van der Waals surface area contributed by atoms with Crippen LogP contribution in [0.3, 0.4) is 0 Å². The van der Waals surface area contributed by atoms with E-state index in [0.29, 0.717) is 18.0 Å². The molecule has 1 fully saturated rings. The zero-order valence-electron chi connectivity index (χ0n) is 15.8. The van der Waals surface area contributed by atoms with Crippen LogP contribution in [-0.2, 0) is 4.79 Å². The fourth-order valence-electron chi connectivity index (χ4n) is 3.37. The summed E-state index contributed by atoms with van der Waals surface area (Å²) in [6, 6.07) is 13.9. The van der Waals surface area contributed by atoms with Crippen LogP contribution in [0.4, 0.5) is 11.4 Å². The van der Waals surface area contributed by atoms with E-state index in [2.05, 4.69) is 47.2 Å². The highest BCUT2D eigenvalue weighted by atomic mass is 16.5. The third kappa shape index (κ3) is 4.17. The maximum absolute atomic E-state index is 12.4. The number of hydrogen-bond acceptors (Lipinski definition) is 4. The summed E-state index contributed by atoms with van der Waals surface area (Å²) in [6.45, 7) is 8.37. The number of hydrogen-bond donors (Lipinski definition) is 1. The van der Waals surface area contributed by atoms with Gasteiger partial charge in [-0.3, -0.25) is 9.69 Å². The monoisotopic (exact) mass is 353 g/mol. The molecule has 0 radical (unpaired) electrons. The van der Waals surface area contributed by atoms with E-state index >= 15 is 0 Å². The highest BCUT2D eigenvalue weighted by molar-refractivity contribution is 5.93. The first-order valence-corrected chi connectivity index (χ1v) is 9.05. The first-order chi connectivity index (χ1) is 12.6. The highest BCUT2D eigenvalue weighted by Gasteiger charge is 2.20. The van der Waals surface area contributed by atoms with Crippen LogP contribution in [-0.4, -0.2) is 50.6 Å². The number of aryl methyl sites for hydroxylation is 1.